The Morgan fingerprint density at radius 2 is 2.00 bits per heavy atom. The lowest BCUT2D eigenvalue weighted by molar-refractivity contribution is 0.460. The van der Waals surface area contributed by atoms with Crippen LogP contribution in [0.3, 0.4) is 0 Å². The SMILES string of the molecule is CCc1cccc(C2CCNCC2)c1.Cl. The largest absolute Gasteiger partial charge is 0.317 e. The van der Waals surface area contributed by atoms with Crippen LogP contribution in [-0.4, -0.2) is 13.1 Å². The van der Waals surface area contributed by atoms with Gasteiger partial charge in [-0.15, -0.1) is 12.4 Å². The number of hydrogen-bond donors (Lipinski definition) is 1. The van der Waals surface area contributed by atoms with Crippen LogP contribution in [0.2, 0.25) is 0 Å². The number of piperidine rings is 1. The number of halogens is 1. The first-order valence-corrected chi connectivity index (χ1v) is 5.69. The third kappa shape index (κ3) is 3.22. The highest BCUT2D eigenvalue weighted by molar-refractivity contribution is 5.85. The van der Waals surface area contributed by atoms with Gasteiger partial charge < -0.3 is 5.32 Å². The van der Waals surface area contributed by atoms with Crippen molar-refractivity contribution in [1.29, 1.82) is 0 Å². The van der Waals surface area contributed by atoms with Crippen LogP contribution in [0.25, 0.3) is 0 Å². The fraction of sp³-hybridized carbons (Fsp3) is 0.538. The van der Waals surface area contributed by atoms with E-state index in [2.05, 4.69) is 36.5 Å². The molecular weight excluding hydrogens is 206 g/mol. The molecule has 84 valence electrons. The summed E-state index contributed by atoms with van der Waals surface area (Å²) in [5.74, 6) is 0.794. The van der Waals surface area contributed by atoms with E-state index >= 15 is 0 Å². The van der Waals surface area contributed by atoms with Crippen LogP contribution < -0.4 is 5.32 Å². The Morgan fingerprint density at radius 3 is 2.67 bits per heavy atom. The summed E-state index contributed by atoms with van der Waals surface area (Å²) in [5, 5.41) is 3.41. The quantitative estimate of drug-likeness (QED) is 0.816. The van der Waals surface area contributed by atoms with Gasteiger partial charge in [0.25, 0.3) is 0 Å². The highest BCUT2D eigenvalue weighted by atomic mass is 35.5. The van der Waals surface area contributed by atoms with E-state index in [1.807, 2.05) is 0 Å². The van der Waals surface area contributed by atoms with Gasteiger partial charge in [-0.05, 0) is 49.4 Å². The third-order valence-corrected chi connectivity index (χ3v) is 3.17. The zero-order valence-corrected chi connectivity index (χ0v) is 10.1. The van der Waals surface area contributed by atoms with Crippen LogP contribution in [0.5, 0.6) is 0 Å². The summed E-state index contributed by atoms with van der Waals surface area (Å²) >= 11 is 0. The summed E-state index contributed by atoms with van der Waals surface area (Å²) in [4.78, 5) is 0. The highest BCUT2D eigenvalue weighted by Crippen LogP contribution is 2.25. The van der Waals surface area contributed by atoms with E-state index in [0.29, 0.717) is 0 Å². The van der Waals surface area contributed by atoms with E-state index in [0.717, 1.165) is 12.3 Å². The summed E-state index contributed by atoms with van der Waals surface area (Å²) < 4.78 is 0. The molecule has 0 spiro atoms. The lowest BCUT2D eigenvalue weighted by Gasteiger charge is -2.23. The molecule has 1 N–H and O–H groups in total. The first-order valence-electron chi connectivity index (χ1n) is 5.69. The molecule has 2 heteroatoms. The van der Waals surface area contributed by atoms with Crippen LogP contribution in [0.1, 0.15) is 36.8 Å². The van der Waals surface area contributed by atoms with Crippen molar-refractivity contribution in [3.63, 3.8) is 0 Å². The molecule has 0 saturated carbocycles. The lowest BCUT2D eigenvalue weighted by Crippen LogP contribution is -2.26. The topological polar surface area (TPSA) is 12.0 Å². The smallest absolute Gasteiger partial charge is 0.00431 e. The van der Waals surface area contributed by atoms with E-state index in [-0.39, 0.29) is 12.4 Å². The maximum atomic E-state index is 3.41. The number of benzene rings is 1. The molecule has 2 rings (SSSR count). The van der Waals surface area contributed by atoms with E-state index in [4.69, 9.17) is 0 Å². The van der Waals surface area contributed by atoms with Gasteiger partial charge in [-0.1, -0.05) is 31.2 Å². The number of hydrogen-bond acceptors (Lipinski definition) is 1. The number of rotatable bonds is 2. The molecule has 0 amide bonds. The summed E-state index contributed by atoms with van der Waals surface area (Å²) in [7, 11) is 0. The molecule has 0 bridgehead atoms. The predicted octanol–water partition coefficient (Wildman–Crippen LogP) is 3.14. The Morgan fingerprint density at radius 1 is 1.27 bits per heavy atom. The second-order valence-corrected chi connectivity index (χ2v) is 4.12. The maximum absolute atomic E-state index is 3.41. The molecule has 1 heterocycles. The summed E-state index contributed by atoms with van der Waals surface area (Å²) in [6, 6.07) is 9.10. The minimum Gasteiger partial charge on any atom is -0.317 e. The maximum Gasteiger partial charge on any atom is -0.00431 e. The monoisotopic (exact) mass is 225 g/mol. The fourth-order valence-electron chi connectivity index (χ4n) is 2.22. The molecule has 0 aromatic heterocycles. The number of nitrogens with one attached hydrogen (secondary N) is 1. The molecule has 0 atom stereocenters. The van der Waals surface area contributed by atoms with E-state index in [1.54, 1.807) is 5.56 Å². The van der Waals surface area contributed by atoms with Crippen molar-refractivity contribution in [2.75, 3.05) is 13.1 Å². The Hall–Kier alpha value is -0.530. The highest BCUT2D eigenvalue weighted by Gasteiger charge is 2.14. The Balaban J connectivity index is 0.00000112. The molecule has 1 aromatic rings. The van der Waals surface area contributed by atoms with Gasteiger partial charge in [0.1, 0.15) is 0 Å². The summed E-state index contributed by atoms with van der Waals surface area (Å²) in [6.07, 6.45) is 3.75. The average molecular weight is 226 g/mol. The Kier molecular flexibility index (Phi) is 5.13. The molecule has 1 aliphatic rings. The lowest BCUT2D eigenvalue weighted by atomic mass is 9.89. The normalized spacial score (nSPS) is 17.1. The van der Waals surface area contributed by atoms with E-state index < -0.39 is 0 Å². The summed E-state index contributed by atoms with van der Waals surface area (Å²) in [6.45, 7) is 4.59. The minimum atomic E-state index is 0. The van der Waals surface area contributed by atoms with Crippen molar-refractivity contribution in [2.45, 2.75) is 32.1 Å². The molecule has 1 saturated heterocycles. The van der Waals surface area contributed by atoms with Crippen LogP contribution in [-0.2, 0) is 6.42 Å². The van der Waals surface area contributed by atoms with E-state index in [9.17, 15) is 0 Å². The third-order valence-electron chi connectivity index (χ3n) is 3.17. The van der Waals surface area contributed by atoms with Crippen molar-refractivity contribution in [3.05, 3.63) is 35.4 Å². The van der Waals surface area contributed by atoms with Crippen molar-refractivity contribution in [3.8, 4) is 0 Å². The first-order chi connectivity index (χ1) is 6.90. The van der Waals surface area contributed by atoms with Gasteiger partial charge in [0.2, 0.25) is 0 Å². The van der Waals surface area contributed by atoms with Crippen LogP contribution >= 0.6 is 12.4 Å². The first kappa shape index (κ1) is 12.5. The van der Waals surface area contributed by atoms with Gasteiger partial charge in [0.15, 0.2) is 0 Å². The van der Waals surface area contributed by atoms with Gasteiger partial charge in [-0.2, -0.15) is 0 Å². The molecule has 1 aromatic carbocycles. The van der Waals surface area contributed by atoms with Crippen LogP contribution in [0.15, 0.2) is 24.3 Å². The Bertz CT molecular complexity index is 292. The zero-order chi connectivity index (χ0) is 9.80. The standard InChI is InChI=1S/C13H19N.ClH/c1-2-11-4-3-5-13(10-11)12-6-8-14-9-7-12;/h3-5,10,12,14H,2,6-9H2,1H3;1H. The fourth-order valence-corrected chi connectivity index (χ4v) is 2.22. The molecule has 1 aliphatic heterocycles. The van der Waals surface area contributed by atoms with Crippen molar-refractivity contribution >= 4 is 12.4 Å². The molecule has 15 heavy (non-hydrogen) atoms. The van der Waals surface area contributed by atoms with Gasteiger partial charge >= 0.3 is 0 Å². The van der Waals surface area contributed by atoms with Crippen LogP contribution in [0.4, 0.5) is 0 Å². The number of aryl methyl sites for hydroxylation is 1. The van der Waals surface area contributed by atoms with Gasteiger partial charge in [-0.25, -0.2) is 0 Å². The van der Waals surface area contributed by atoms with Crippen LogP contribution in [0, 0.1) is 0 Å². The second-order valence-electron chi connectivity index (χ2n) is 4.12. The molecule has 1 fully saturated rings. The minimum absolute atomic E-state index is 0. The Labute approximate surface area is 98.7 Å². The molecule has 0 aliphatic carbocycles. The zero-order valence-electron chi connectivity index (χ0n) is 9.33. The predicted molar refractivity (Wildman–Crippen MR) is 67.9 cm³/mol. The van der Waals surface area contributed by atoms with Crippen molar-refractivity contribution in [2.24, 2.45) is 0 Å². The molecule has 0 radical (unpaired) electrons. The van der Waals surface area contributed by atoms with Gasteiger partial charge in [-0.3, -0.25) is 0 Å². The second kappa shape index (κ2) is 6.14. The van der Waals surface area contributed by atoms with Gasteiger partial charge in [0.05, 0.1) is 0 Å². The molecule has 1 nitrogen and oxygen atoms in total. The summed E-state index contributed by atoms with van der Waals surface area (Å²) in [5.41, 5.74) is 3.02. The van der Waals surface area contributed by atoms with Crippen molar-refractivity contribution < 1.29 is 0 Å². The molecule has 0 unspecified atom stereocenters. The average Bonchev–Trinajstić information content (AvgIpc) is 2.30. The molecular formula is C13H20ClN. The van der Waals surface area contributed by atoms with E-state index in [1.165, 1.54) is 31.5 Å². The van der Waals surface area contributed by atoms with Gasteiger partial charge in [0, 0.05) is 0 Å². The van der Waals surface area contributed by atoms with Crippen molar-refractivity contribution in [1.82, 2.24) is 5.32 Å².